The molecule has 19 heavy (non-hydrogen) atoms. The lowest BCUT2D eigenvalue weighted by atomic mass is 10.3. The Kier molecular flexibility index (Phi) is 4.19. The highest BCUT2D eigenvalue weighted by Crippen LogP contribution is 2.38. The number of rotatable bonds is 3. The fourth-order valence-corrected chi connectivity index (χ4v) is 4.38. The Bertz CT molecular complexity index is 677. The molecule has 0 atom stereocenters. The molecule has 3 aromatic heterocycles. The minimum Gasteiger partial charge on any atom is -0.477 e. The molecule has 0 radical (unpaired) electrons. The van der Waals surface area contributed by atoms with E-state index in [1.54, 1.807) is 28.7 Å². The zero-order valence-corrected chi connectivity index (χ0v) is 11.6. The van der Waals surface area contributed by atoms with Gasteiger partial charge in [-0.1, -0.05) is 13.5 Å². The molecule has 0 aliphatic rings. The number of aromatic carboxylic acids is 1. The molecule has 5 heteroatoms. The molecule has 0 aromatic carbocycles. The lowest BCUT2D eigenvalue weighted by Crippen LogP contribution is -1.89. The summed E-state index contributed by atoms with van der Waals surface area (Å²) in [5.74, 6) is -0.860. The number of carboxylic acids is 1. The molecule has 0 amide bonds. The van der Waals surface area contributed by atoms with Crippen molar-refractivity contribution in [1.29, 1.82) is 0 Å². The van der Waals surface area contributed by atoms with Gasteiger partial charge in [0.2, 0.25) is 0 Å². The molecule has 0 bridgehead atoms. The van der Waals surface area contributed by atoms with Gasteiger partial charge in [0.05, 0.1) is 0 Å². The Morgan fingerprint density at radius 1 is 0.895 bits per heavy atom. The molecule has 1 N–H and O–H groups in total. The first kappa shape index (κ1) is 14.0. The highest BCUT2D eigenvalue weighted by Gasteiger charge is 2.11. The van der Waals surface area contributed by atoms with Gasteiger partial charge in [0.1, 0.15) is 4.88 Å². The van der Waals surface area contributed by atoms with E-state index in [1.807, 2.05) is 12.1 Å². The van der Waals surface area contributed by atoms with E-state index < -0.39 is 5.97 Å². The SMILES string of the molecule is C.O=C(O)c1ccc(-c2ccc(-c3cccs3)s2)s1. The summed E-state index contributed by atoms with van der Waals surface area (Å²) in [6.07, 6.45) is 0. The summed E-state index contributed by atoms with van der Waals surface area (Å²) in [6.45, 7) is 0. The second kappa shape index (κ2) is 5.69. The summed E-state index contributed by atoms with van der Waals surface area (Å²) in [5, 5.41) is 11.0. The van der Waals surface area contributed by atoms with Crippen molar-refractivity contribution < 1.29 is 9.90 Å². The molecule has 3 rings (SSSR count). The largest absolute Gasteiger partial charge is 0.477 e. The van der Waals surface area contributed by atoms with Gasteiger partial charge in [-0.25, -0.2) is 4.79 Å². The smallest absolute Gasteiger partial charge is 0.345 e. The molecule has 0 aliphatic carbocycles. The molecule has 0 spiro atoms. The van der Waals surface area contributed by atoms with Gasteiger partial charge in [-0.3, -0.25) is 0 Å². The molecule has 0 saturated heterocycles. The second-order valence-corrected chi connectivity index (χ2v) is 6.73. The maximum absolute atomic E-state index is 10.9. The van der Waals surface area contributed by atoms with Crippen LogP contribution in [-0.2, 0) is 0 Å². The van der Waals surface area contributed by atoms with Crippen LogP contribution in [0.2, 0.25) is 0 Å². The van der Waals surface area contributed by atoms with Crippen molar-refractivity contribution in [2.24, 2.45) is 0 Å². The van der Waals surface area contributed by atoms with E-state index in [0.29, 0.717) is 4.88 Å². The molecular formula is C14H12O2S3. The van der Waals surface area contributed by atoms with Gasteiger partial charge >= 0.3 is 5.97 Å². The monoisotopic (exact) mass is 308 g/mol. The maximum atomic E-state index is 10.9. The third-order valence-electron chi connectivity index (χ3n) is 2.43. The number of carbonyl (C=O) groups is 1. The Balaban J connectivity index is 0.00000133. The number of hydrogen-bond acceptors (Lipinski definition) is 4. The maximum Gasteiger partial charge on any atom is 0.345 e. The van der Waals surface area contributed by atoms with E-state index in [1.165, 1.54) is 21.1 Å². The summed E-state index contributed by atoms with van der Waals surface area (Å²) in [4.78, 5) is 15.9. The minimum atomic E-state index is -0.860. The zero-order valence-electron chi connectivity index (χ0n) is 9.12. The summed E-state index contributed by atoms with van der Waals surface area (Å²) >= 11 is 4.73. The summed E-state index contributed by atoms with van der Waals surface area (Å²) in [7, 11) is 0. The third kappa shape index (κ3) is 2.78. The Labute approximate surface area is 123 Å². The average Bonchev–Trinajstić information content (AvgIpc) is 3.10. The van der Waals surface area contributed by atoms with E-state index >= 15 is 0 Å². The molecular weight excluding hydrogens is 296 g/mol. The van der Waals surface area contributed by atoms with Crippen LogP contribution in [0.5, 0.6) is 0 Å². The van der Waals surface area contributed by atoms with Crippen LogP contribution >= 0.6 is 34.0 Å². The van der Waals surface area contributed by atoms with Crippen molar-refractivity contribution >= 4 is 40.0 Å². The van der Waals surface area contributed by atoms with Crippen LogP contribution in [0, 0.1) is 0 Å². The van der Waals surface area contributed by atoms with Crippen molar-refractivity contribution in [1.82, 2.24) is 0 Å². The summed E-state index contributed by atoms with van der Waals surface area (Å²) in [6, 6.07) is 11.8. The second-order valence-electron chi connectivity index (χ2n) is 3.61. The lowest BCUT2D eigenvalue weighted by molar-refractivity contribution is 0.0702. The van der Waals surface area contributed by atoms with Crippen molar-refractivity contribution in [3.05, 3.63) is 46.7 Å². The van der Waals surface area contributed by atoms with Crippen molar-refractivity contribution in [2.75, 3.05) is 0 Å². The van der Waals surface area contributed by atoms with E-state index in [0.717, 1.165) is 9.75 Å². The minimum absolute atomic E-state index is 0. The molecule has 0 aliphatic heterocycles. The summed E-state index contributed by atoms with van der Waals surface area (Å²) in [5.41, 5.74) is 0. The average molecular weight is 308 g/mol. The molecule has 0 unspecified atom stereocenters. The summed E-state index contributed by atoms with van der Waals surface area (Å²) < 4.78 is 0. The number of hydrogen-bond donors (Lipinski definition) is 1. The van der Waals surface area contributed by atoms with E-state index in [2.05, 4.69) is 23.6 Å². The normalized spacial score (nSPS) is 10.1. The van der Waals surface area contributed by atoms with Crippen LogP contribution in [-0.4, -0.2) is 11.1 Å². The van der Waals surface area contributed by atoms with Gasteiger partial charge in [0.15, 0.2) is 0 Å². The van der Waals surface area contributed by atoms with Gasteiger partial charge in [-0.2, -0.15) is 0 Å². The zero-order chi connectivity index (χ0) is 12.5. The van der Waals surface area contributed by atoms with Crippen LogP contribution in [0.3, 0.4) is 0 Å². The highest BCUT2D eigenvalue weighted by atomic mass is 32.1. The molecule has 0 fully saturated rings. The topological polar surface area (TPSA) is 37.3 Å². The fraction of sp³-hybridized carbons (Fsp3) is 0.0714. The van der Waals surface area contributed by atoms with Gasteiger partial charge in [0.25, 0.3) is 0 Å². The Morgan fingerprint density at radius 3 is 2.11 bits per heavy atom. The van der Waals surface area contributed by atoms with Crippen LogP contribution in [0.1, 0.15) is 17.1 Å². The number of carboxylic acid groups (broad SMARTS) is 1. The molecule has 3 aromatic rings. The number of thiophene rings is 3. The lowest BCUT2D eigenvalue weighted by Gasteiger charge is -1.90. The Morgan fingerprint density at radius 2 is 1.53 bits per heavy atom. The first-order valence-electron chi connectivity index (χ1n) is 5.21. The van der Waals surface area contributed by atoms with Gasteiger partial charge in [-0.15, -0.1) is 34.0 Å². The standard InChI is InChI=1S/C13H8O2S3.CH4/c14-13(15)12-6-5-11(18-12)10-4-3-9(17-10)8-2-1-7-16-8;/h1-7H,(H,14,15);1H4. The molecule has 98 valence electrons. The van der Waals surface area contributed by atoms with Crippen molar-refractivity contribution in [3.8, 4) is 19.5 Å². The van der Waals surface area contributed by atoms with Crippen molar-refractivity contribution in [2.45, 2.75) is 7.43 Å². The predicted molar refractivity (Wildman–Crippen MR) is 84.6 cm³/mol. The van der Waals surface area contributed by atoms with Crippen LogP contribution in [0.25, 0.3) is 19.5 Å². The van der Waals surface area contributed by atoms with Crippen LogP contribution in [0.4, 0.5) is 0 Å². The first-order chi connectivity index (χ1) is 8.74. The predicted octanol–water partition coefficient (Wildman–Crippen LogP) is 5.54. The third-order valence-corrected chi connectivity index (χ3v) is 5.85. The van der Waals surface area contributed by atoms with Gasteiger partial charge in [-0.05, 0) is 35.7 Å². The van der Waals surface area contributed by atoms with Gasteiger partial charge < -0.3 is 5.11 Å². The van der Waals surface area contributed by atoms with Crippen LogP contribution < -0.4 is 0 Å². The molecule has 0 saturated carbocycles. The molecule has 2 nitrogen and oxygen atoms in total. The van der Waals surface area contributed by atoms with E-state index in [9.17, 15) is 4.79 Å². The van der Waals surface area contributed by atoms with E-state index in [4.69, 9.17) is 5.11 Å². The van der Waals surface area contributed by atoms with Crippen LogP contribution in [0.15, 0.2) is 41.8 Å². The van der Waals surface area contributed by atoms with E-state index in [-0.39, 0.29) is 7.43 Å². The van der Waals surface area contributed by atoms with Gasteiger partial charge in [0, 0.05) is 19.5 Å². The molecule has 3 heterocycles. The van der Waals surface area contributed by atoms with Crippen molar-refractivity contribution in [3.63, 3.8) is 0 Å². The highest BCUT2D eigenvalue weighted by molar-refractivity contribution is 7.26. The fourth-order valence-electron chi connectivity index (χ4n) is 1.61. The Hall–Kier alpha value is -1.43. The quantitative estimate of drug-likeness (QED) is 0.689. The first-order valence-corrected chi connectivity index (χ1v) is 7.72.